The van der Waals surface area contributed by atoms with Gasteiger partial charge in [-0.05, 0) is 75.0 Å². The fourth-order valence-corrected chi connectivity index (χ4v) is 4.02. The molecule has 1 heterocycles. The molecule has 1 saturated heterocycles. The maximum absolute atomic E-state index is 13.3. The van der Waals surface area contributed by atoms with Crippen molar-refractivity contribution >= 4 is 23.2 Å². The van der Waals surface area contributed by atoms with Crippen molar-refractivity contribution in [2.75, 3.05) is 39.0 Å². The van der Waals surface area contributed by atoms with Crippen molar-refractivity contribution in [3.63, 3.8) is 0 Å². The number of hydrogen-bond donors (Lipinski definition) is 2. The Hall–Kier alpha value is -2.31. The van der Waals surface area contributed by atoms with Crippen molar-refractivity contribution in [1.82, 2.24) is 10.2 Å². The smallest absolute Gasteiger partial charge is 0.255 e. The average Bonchev–Trinajstić information content (AvgIpc) is 2.74. The van der Waals surface area contributed by atoms with Gasteiger partial charge in [-0.25, -0.2) is 4.39 Å². The van der Waals surface area contributed by atoms with Crippen molar-refractivity contribution < 1.29 is 13.9 Å². The van der Waals surface area contributed by atoms with E-state index in [9.17, 15) is 9.18 Å². The summed E-state index contributed by atoms with van der Waals surface area (Å²) in [7, 11) is 1.50. The van der Waals surface area contributed by atoms with E-state index in [0.29, 0.717) is 34.5 Å². The fourth-order valence-electron chi connectivity index (χ4n) is 3.86. The zero-order valence-electron chi connectivity index (χ0n) is 17.3. The van der Waals surface area contributed by atoms with Crippen LogP contribution in [0.3, 0.4) is 0 Å². The molecular formula is C23H29ClFN3O2. The maximum Gasteiger partial charge on any atom is 0.255 e. The number of carbonyl (C=O) groups excluding carboxylic acids is 1. The molecule has 1 aliphatic rings. The third kappa shape index (κ3) is 6.09. The minimum Gasteiger partial charge on any atom is -0.496 e. The molecule has 3 N–H and O–H groups in total. The first kappa shape index (κ1) is 22.4. The molecule has 1 aliphatic heterocycles. The van der Waals surface area contributed by atoms with Crippen LogP contribution >= 0.6 is 11.6 Å². The van der Waals surface area contributed by atoms with Crippen molar-refractivity contribution in [3.05, 3.63) is 58.4 Å². The Bertz CT molecular complexity index is 870. The number of amides is 1. The zero-order chi connectivity index (χ0) is 21.5. The van der Waals surface area contributed by atoms with Gasteiger partial charge in [0.05, 0.1) is 23.4 Å². The van der Waals surface area contributed by atoms with Gasteiger partial charge in [0, 0.05) is 12.6 Å². The number of hydrogen-bond acceptors (Lipinski definition) is 4. The van der Waals surface area contributed by atoms with E-state index in [1.165, 1.54) is 13.2 Å². The van der Waals surface area contributed by atoms with Gasteiger partial charge >= 0.3 is 0 Å². The maximum atomic E-state index is 13.3. The fraction of sp³-hybridized carbons (Fsp3) is 0.435. The number of piperidine rings is 1. The average molecular weight is 434 g/mol. The second-order valence-electron chi connectivity index (χ2n) is 7.80. The molecule has 3 rings (SSSR count). The summed E-state index contributed by atoms with van der Waals surface area (Å²) in [6.07, 6.45) is 3.99. The number of nitrogens with zero attached hydrogens (tertiary/aromatic N) is 1. The third-order valence-corrected chi connectivity index (χ3v) is 5.98. The Morgan fingerprint density at radius 3 is 2.77 bits per heavy atom. The van der Waals surface area contributed by atoms with E-state index in [4.69, 9.17) is 22.1 Å². The summed E-state index contributed by atoms with van der Waals surface area (Å²) >= 11 is 6.00. The molecule has 0 radical (unpaired) electrons. The van der Waals surface area contributed by atoms with E-state index in [1.54, 1.807) is 24.3 Å². The molecule has 0 saturated carbocycles. The summed E-state index contributed by atoms with van der Waals surface area (Å²) in [6, 6.07) is 9.94. The van der Waals surface area contributed by atoms with Crippen molar-refractivity contribution in [2.24, 2.45) is 5.92 Å². The number of methoxy groups -OCH3 is 1. The lowest BCUT2D eigenvalue weighted by Gasteiger charge is -2.32. The Morgan fingerprint density at radius 2 is 2.07 bits per heavy atom. The first-order valence-corrected chi connectivity index (χ1v) is 10.7. The molecule has 162 valence electrons. The summed E-state index contributed by atoms with van der Waals surface area (Å²) in [5, 5.41) is 3.37. The van der Waals surface area contributed by atoms with Crippen LogP contribution in [0.2, 0.25) is 5.02 Å². The summed E-state index contributed by atoms with van der Waals surface area (Å²) in [5.74, 6) is 0.492. The molecule has 2 aromatic carbocycles. The normalized spacial score (nSPS) is 15.2. The highest BCUT2D eigenvalue weighted by Gasteiger charge is 2.21. The van der Waals surface area contributed by atoms with Gasteiger partial charge in [0.25, 0.3) is 5.91 Å². The van der Waals surface area contributed by atoms with Crippen LogP contribution in [-0.4, -0.2) is 44.1 Å². The van der Waals surface area contributed by atoms with Crippen molar-refractivity contribution in [1.29, 1.82) is 0 Å². The Balaban J connectivity index is 1.40. The lowest BCUT2D eigenvalue weighted by molar-refractivity contribution is 0.0933. The van der Waals surface area contributed by atoms with E-state index >= 15 is 0 Å². The molecule has 5 nitrogen and oxygen atoms in total. The van der Waals surface area contributed by atoms with E-state index in [0.717, 1.165) is 50.9 Å². The monoisotopic (exact) mass is 433 g/mol. The molecule has 1 fully saturated rings. The second-order valence-corrected chi connectivity index (χ2v) is 8.21. The van der Waals surface area contributed by atoms with Gasteiger partial charge in [0.1, 0.15) is 11.6 Å². The van der Waals surface area contributed by atoms with Crippen LogP contribution in [0.4, 0.5) is 10.1 Å². The van der Waals surface area contributed by atoms with Crippen molar-refractivity contribution in [3.8, 4) is 5.75 Å². The summed E-state index contributed by atoms with van der Waals surface area (Å²) in [6.45, 7) is 3.67. The van der Waals surface area contributed by atoms with E-state index in [2.05, 4.69) is 10.2 Å². The Morgan fingerprint density at radius 1 is 1.30 bits per heavy atom. The molecular weight excluding hydrogens is 405 g/mol. The first-order chi connectivity index (χ1) is 14.5. The number of nitrogens with two attached hydrogens (primary N) is 1. The molecule has 1 amide bonds. The number of benzene rings is 2. The number of carbonyl (C=O) groups is 1. The van der Waals surface area contributed by atoms with Crippen LogP contribution in [0, 0.1) is 11.7 Å². The van der Waals surface area contributed by atoms with Crippen LogP contribution in [0.25, 0.3) is 0 Å². The van der Waals surface area contributed by atoms with Crippen molar-refractivity contribution in [2.45, 2.75) is 25.7 Å². The van der Waals surface area contributed by atoms with E-state index in [1.807, 2.05) is 6.07 Å². The molecule has 0 atom stereocenters. The number of aryl methyl sites for hydroxylation is 1. The van der Waals surface area contributed by atoms with Gasteiger partial charge in [-0.1, -0.05) is 23.7 Å². The molecule has 30 heavy (non-hydrogen) atoms. The highest BCUT2D eigenvalue weighted by Crippen LogP contribution is 2.29. The molecule has 0 bridgehead atoms. The van der Waals surface area contributed by atoms with Gasteiger partial charge in [-0.3, -0.25) is 4.79 Å². The molecule has 7 heteroatoms. The Kier molecular flexibility index (Phi) is 7.94. The number of anilines is 1. The third-order valence-electron chi connectivity index (χ3n) is 5.65. The quantitative estimate of drug-likeness (QED) is 0.614. The predicted molar refractivity (Wildman–Crippen MR) is 119 cm³/mol. The van der Waals surface area contributed by atoms with Crippen LogP contribution in [0.5, 0.6) is 5.75 Å². The molecule has 0 spiro atoms. The highest BCUT2D eigenvalue weighted by molar-refractivity contribution is 6.33. The van der Waals surface area contributed by atoms with Crippen LogP contribution in [0.15, 0.2) is 36.4 Å². The number of ether oxygens (including phenoxy) is 1. The molecule has 0 aromatic heterocycles. The topological polar surface area (TPSA) is 67.6 Å². The van der Waals surface area contributed by atoms with Gasteiger partial charge < -0.3 is 20.7 Å². The van der Waals surface area contributed by atoms with Crippen LogP contribution in [-0.2, 0) is 6.42 Å². The molecule has 2 aromatic rings. The number of halogens is 2. The van der Waals surface area contributed by atoms with E-state index in [-0.39, 0.29) is 11.7 Å². The number of nitrogen functional groups attached to an aromatic ring is 1. The highest BCUT2D eigenvalue weighted by atomic mass is 35.5. The second kappa shape index (κ2) is 10.6. The van der Waals surface area contributed by atoms with Gasteiger partial charge in [0.2, 0.25) is 0 Å². The standard InChI is InChI=1S/C23H29ClFN3O2/c1-30-22-14-20(24)21(26)13-19(22)23(29)27-15-17-7-10-28(11-8-17)9-3-5-16-4-2-6-18(25)12-16/h2,4,6,12-14,17H,3,5,7-11,15,26H2,1H3,(H,27,29). The SMILES string of the molecule is COc1cc(Cl)c(N)cc1C(=O)NCC1CCN(CCCc2cccc(F)c2)CC1. The summed E-state index contributed by atoms with van der Waals surface area (Å²) < 4.78 is 18.5. The van der Waals surface area contributed by atoms with Gasteiger partial charge in [-0.15, -0.1) is 0 Å². The zero-order valence-corrected chi connectivity index (χ0v) is 18.1. The number of rotatable bonds is 8. The molecule has 0 unspecified atom stereocenters. The van der Waals surface area contributed by atoms with Gasteiger partial charge in [-0.2, -0.15) is 0 Å². The summed E-state index contributed by atoms with van der Waals surface area (Å²) in [5.41, 5.74) is 7.63. The Labute approximate surface area is 182 Å². The minimum atomic E-state index is -0.201. The van der Waals surface area contributed by atoms with E-state index < -0.39 is 0 Å². The largest absolute Gasteiger partial charge is 0.496 e. The van der Waals surface area contributed by atoms with Crippen LogP contribution in [0.1, 0.15) is 35.2 Å². The first-order valence-electron chi connectivity index (χ1n) is 10.3. The van der Waals surface area contributed by atoms with Gasteiger partial charge in [0.15, 0.2) is 0 Å². The lowest BCUT2D eigenvalue weighted by atomic mass is 9.96. The number of likely N-dealkylation sites (tertiary alicyclic amines) is 1. The minimum absolute atomic E-state index is 0.172. The summed E-state index contributed by atoms with van der Waals surface area (Å²) in [4.78, 5) is 15.0. The predicted octanol–water partition coefficient (Wildman–Crippen LogP) is 4.14. The number of nitrogens with one attached hydrogen (secondary N) is 1. The molecule has 0 aliphatic carbocycles. The van der Waals surface area contributed by atoms with Crippen LogP contribution < -0.4 is 15.8 Å². The lowest BCUT2D eigenvalue weighted by Crippen LogP contribution is -2.39.